The number of hydrogen-bond donors (Lipinski definition) is 3. The molecule has 0 aliphatic heterocycles. The van der Waals surface area contributed by atoms with Crippen LogP contribution in [0.2, 0.25) is 0 Å². The Morgan fingerprint density at radius 2 is 1.89 bits per heavy atom. The number of nitrogens with one attached hydrogen (secondary N) is 2. The number of ether oxygens (including phenoxy) is 1. The van der Waals surface area contributed by atoms with Gasteiger partial charge in [0.1, 0.15) is 11.5 Å². The van der Waals surface area contributed by atoms with Gasteiger partial charge in [-0.1, -0.05) is 0 Å². The highest BCUT2D eigenvalue weighted by Gasteiger charge is 2.13. The van der Waals surface area contributed by atoms with Gasteiger partial charge in [-0.05, 0) is 80.7 Å². The van der Waals surface area contributed by atoms with Gasteiger partial charge in [-0.15, -0.1) is 0 Å². The molecule has 2 amide bonds. The van der Waals surface area contributed by atoms with Gasteiger partial charge in [0.15, 0.2) is 17.3 Å². The monoisotopic (exact) mass is 519 g/mol. The average Bonchev–Trinajstić information content (AvgIpc) is 2.91. The average molecular weight is 520 g/mol. The largest absolute Gasteiger partial charge is 0.452 e. The minimum Gasteiger partial charge on any atom is -0.452 e. The molecule has 0 spiro atoms. The van der Waals surface area contributed by atoms with Gasteiger partial charge < -0.3 is 21.1 Å². The van der Waals surface area contributed by atoms with E-state index in [-0.39, 0.29) is 11.4 Å². The Bertz CT molecular complexity index is 1370. The Morgan fingerprint density at radius 3 is 2.55 bits per heavy atom. The van der Waals surface area contributed by atoms with Gasteiger partial charge >= 0.3 is 0 Å². The number of halogens is 2. The predicted octanol–water partition coefficient (Wildman–Crippen LogP) is 5.08. The fraction of sp³-hybridized carbons (Fsp3) is 0.107. The van der Waals surface area contributed by atoms with Crippen LogP contribution in [0.3, 0.4) is 0 Å². The molecule has 0 atom stereocenters. The van der Waals surface area contributed by atoms with Gasteiger partial charge in [-0.2, -0.15) is 0 Å². The first-order chi connectivity index (χ1) is 18.4. The number of benzene rings is 2. The third-order valence-corrected chi connectivity index (χ3v) is 5.22. The van der Waals surface area contributed by atoms with E-state index >= 15 is 0 Å². The molecule has 1 aromatic heterocycles. The Morgan fingerprint density at radius 1 is 1.13 bits per heavy atom. The first-order valence-electron chi connectivity index (χ1n) is 11.6. The number of hydrogen-bond acceptors (Lipinski definition) is 6. The van der Waals surface area contributed by atoms with Crippen molar-refractivity contribution in [1.29, 1.82) is 0 Å². The fourth-order valence-corrected chi connectivity index (χ4v) is 3.29. The Balaban J connectivity index is 1.77. The molecule has 0 radical (unpaired) electrons. The SMILES string of the molecule is CCNC(/C=C\N(C=O)c1ccc(F)cc1)=C(/C)C(=O)Nc1ccc(Oc2cccnc2C=CN)c(F)c1. The minimum absolute atomic E-state index is 0.0547. The van der Waals surface area contributed by atoms with Gasteiger partial charge in [0.25, 0.3) is 5.91 Å². The number of likely N-dealkylation sites (N-methyl/N-ethyl adjacent to an activating group) is 1. The second-order valence-corrected chi connectivity index (χ2v) is 7.82. The number of amides is 2. The lowest BCUT2D eigenvalue weighted by molar-refractivity contribution is -0.112. The first-order valence-corrected chi connectivity index (χ1v) is 11.6. The molecular weight excluding hydrogens is 492 g/mol. The molecule has 38 heavy (non-hydrogen) atoms. The standard InChI is InChI=1S/C28H27F2N5O3/c1-3-32-24(13-16-35(18-36)22-9-6-20(29)7-10-22)19(2)28(37)34-21-8-11-26(23(30)17-21)38-27-5-4-15-33-25(27)12-14-31/h4-18,32H,3,31H2,1-2H3,(H,34,37)/b14-12?,16-13-,24-19-. The number of rotatable bonds is 11. The molecule has 2 aromatic carbocycles. The van der Waals surface area contributed by atoms with Gasteiger partial charge in [0.2, 0.25) is 6.41 Å². The highest BCUT2D eigenvalue weighted by atomic mass is 19.1. The summed E-state index contributed by atoms with van der Waals surface area (Å²) in [5, 5.41) is 5.72. The molecule has 1 heterocycles. The van der Waals surface area contributed by atoms with Crippen LogP contribution in [0, 0.1) is 11.6 Å². The van der Waals surface area contributed by atoms with E-state index in [2.05, 4.69) is 15.6 Å². The molecule has 0 saturated carbocycles. The van der Waals surface area contributed by atoms with Crippen molar-refractivity contribution in [3.63, 3.8) is 0 Å². The smallest absolute Gasteiger partial charge is 0.253 e. The van der Waals surface area contributed by atoms with Crippen molar-refractivity contribution in [2.24, 2.45) is 5.73 Å². The van der Waals surface area contributed by atoms with Crippen molar-refractivity contribution in [2.75, 3.05) is 16.8 Å². The zero-order valence-electron chi connectivity index (χ0n) is 20.8. The van der Waals surface area contributed by atoms with Crippen LogP contribution in [0.5, 0.6) is 11.5 Å². The second-order valence-electron chi connectivity index (χ2n) is 7.82. The van der Waals surface area contributed by atoms with Crippen molar-refractivity contribution in [1.82, 2.24) is 10.3 Å². The molecule has 8 nitrogen and oxygen atoms in total. The summed E-state index contributed by atoms with van der Waals surface area (Å²) in [6.07, 6.45) is 7.96. The summed E-state index contributed by atoms with van der Waals surface area (Å²) in [4.78, 5) is 29.8. The maximum atomic E-state index is 14.8. The normalized spacial score (nSPS) is 11.8. The number of carbonyl (C=O) groups excluding carboxylic acids is 2. The van der Waals surface area contributed by atoms with Crippen molar-refractivity contribution < 1.29 is 23.1 Å². The molecule has 0 aliphatic carbocycles. The van der Waals surface area contributed by atoms with Gasteiger partial charge in [0.05, 0.1) is 0 Å². The lowest BCUT2D eigenvalue weighted by Crippen LogP contribution is -2.21. The van der Waals surface area contributed by atoms with E-state index in [4.69, 9.17) is 10.5 Å². The number of anilines is 2. The number of allylic oxidation sites excluding steroid dienone is 1. The summed E-state index contributed by atoms with van der Waals surface area (Å²) < 4.78 is 33.6. The van der Waals surface area contributed by atoms with Crippen molar-refractivity contribution in [3.05, 3.63) is 108 Å². The summed E-state index contributed by atoms with van der Waals surface area (Å²) >= 11 is 0. The quantitative estimate of drug-likeness (QED) is 0.185. The van der Waals surface area contributed by atoms with E-state index in [1.54, 1.807) is 31.3 Å². The summed E-state index contributed by atoms with van der Waals surface area (Å²) in [6.45, 7) is 3.93. The maximum absolute atomic E-state index is 14.8. The Hall–Kier alpha value is -4.99. The van der Waals surface area contributed by atoms with Gasteiger partial charge in [-0.25, -0.2) is 8.78 Å². The number of pyridine rings is 1. The summed E-state index contributed by atoms with van der Waals surface area (Å²) in [6, 6.07) is 12.7. The third-order valence-electron chi connectivity index (χ3n) is 5.22. The van der Waals surface area contributed by atoms with Crippen LogP contribution in [0.15, 0.2) is 90.5 Å². The van der Waals surface area contributed by atoms with E-state index in [9.17, 15) is 18.4 Å². The molecule has 0 unspecified atom stereocenters. The van der Waals surface area contributed by atoms with Crippen LogP contribution in [-0.2, 0) is 9.59 Å². The van der Waals surface area contributed by atoms with Crippen molar-refractivity contribution in [3.8, 4) is 11.5 Å². The molecule has 0 bridgehead atoms. The zero-order chi connectivity index (χ0) is 27.5. The van der Waals surface area contributed by atoms with E-state index in [0.717, 1.165) is 6.07 Å². The molecule has 0 fully saturated rings. The predicted molar refractivity (Wildman–Crippen MR) is 143 cm³/mol. The molecule has 0 saturated heterocycles. The third kappa shape index (κ3) is 7.26. The number of carbonyl (C=O) groups is 2. The first kappa shape index (κ1) is 27.6. The molecular formula is C28H27F2N5O3. The number of nitrogens with zero attached hydrogens (tertiary/aromatic N) is 2. The van der Waals surface area contributed by atoms with Crippen LogP contribution >= 0.6 is 0 Å². The lowest BCUT2D eigenvalue weighted by Gasteiger charge is -2.15. The van der Waals surface area contributed by atoms with Gasteiger partial charge in [0, 0.05) is 47.7 Å². The van der Waals surface area contributed by atoms with E-state index in [0.29, 0.717) is 41.4 Å². The Kier molecular flexibility index (Phi) is 9.70. The summed E-state index contributed by atoms with van der Waals surface area (Å²) in [5.41, 5.74) is 7.26. The molecule has 0 aliphatic rings. The van der Waals surface area contributed by atoms with E-state index in [1.165, 1.54) is 59.8 Å². The van der Waals surface area contributed by atoms with Crippen LogP contribution in [-0.4, -0.2) is 23.8 Å². The van der Waals surface area contributed by atoms with Crippen LogP contribution in [0.1, 0.15) is 19.5 Å². The maximum Gasteiger partial charge on any atom is 0.253 e. The summed E-state index contributed by atoms with van der Waals surface area (Å²) in [5.74, 6) is -1.34. The highest BCUT2D eigenvalue weighted by molar-refractivity contribution is 6.04. The van der Waals surface area contributed by atoms with Crippen molar-refractivity contribution in [2.45, 2.75) is 13.8 Å². The topological polar surface area (TPSA) is 110 Å². The highest BCUT2D eigenvalue weighted by Crippen LogP contribution is 2.29. The minimum atomic E-state index is -0.691. The molecule has 10 heteroatoms. The van der Waals surface area contributed by atoms with Gasteiger partial charge in [-0.3, -0.25) is 19.5 Å². The van der Waals surface area contributed by atoms with E-state index in [1.807, 2.05) is 6.92 Å². The second kappa shape index (κ2) is 13.4. The molecule has 196 valence electrons. The lowest BCUT2D eigenvalue weighted by atomic mass is 10.2. The molecule has 4 N–H and O–H groups in total. The fourth-order valence-electron chi connectivity index (χ4n) is 3.29. The van der Waals surface area contributed by atoms with Crippen LogP contribution < -0.4 is 26.0 Å². The number of nitrogens with two attached hydrogens (primary N) is 1. The Labute approximate surface area is 219 Å². The molecule has 3 aromatic rings. The van der Waals surface area contributed by atoms with E-state index < -0.39 is 17.5 Å². The van der Waals surface area contributed by atoms with Crippen LogP contribution in [0.4, 0.5) is 20.2 Å². The molecule has 3 rings (SSSR count). The number of aromatic nitrogens is 1. The zero-order valence-corrected chi connectivity index (χ0v) is 20.8. The van der Waals surface area contributed by atoms with Crippen LogP contribution in [0.25, 0.3) is 6.08 Å². The summed E-state index contributed by atoms with van der Waals surface area (Å²) in [7, 11) is 0. The van der Waals surface area contributed by atoms with Crippen molar-refractivity contribution >= 4 is 29.8 Å².